The van der Waals surface area contributed by atoms with Crippen molar-refractivity contribution < 1.29 is 23.9 Å². The van der Waals surface area contributed by atoms with Crippen molar-refractivity contribution >= 4 is 23.7 Å². The second-order valence-corrected chi connectivity index (χ2v) is 11.3. The van der Waals surface area contributed by atoms with Crippen LogP contribution in [-0.4, -0.2) is 47.9 Å². The van der Waals surface area contributed by atoms with Gasteiger partial charge in [-0.25, -0.2) is 4.79 Å². The van der Waals surface area contributed by atoms with Gasteiger partial charge < -0.3 is 20.7 Å². The van der Waals surface area contributed by atoms with Crippen LogP contribution >= 0.6 is 0 Å². The topological polar surface area (TPSA) is 114 Å². The number of nitrogens with one attached hydrogen (secondary N) is 3. The van der Waals surface area contributed by atoms with Crippen LogP contribution in [0.3, 0.4) is 0 Å². The van der Waals surface area contributed by atoms with E-state index in [1.54, 1.807) is 6.92 Å². The maximum absolute atomic E-state index is 13.5. The molecule has 41 heavy (non-hydrogen) atoms. The van der Waals surface area contributed by atoms with Gasteiger partial charge in [0.15, 0.2) is 0 Å². The molecule has 1 unspecified atom stereocenters. The minimum atomic E-state index is -0.920. The highest BCUT2D eigenvalue weighted by atomic mass is 16.5. The van der Waals surface area contributed by atoms with Crippen LogP contribution in [0.15, 0.2) is 54.6 Å². The molecule has 0 spiro atoms. The van der Waals surface area contributed by atoms with Crippen molar-refractivity contribution in [3.05, 3.63) is 60.2 Å². The monoisotopic (exact) mass is 563 g/mol. The van der Waals surface area contributed by atoms with Crippen LogP contribution in [-0.2, 0) is 30.3 Å². The van der Waals surface area contributed by atoms with Crippen LogP contribution in [0.1, 0.15) is 72.3 Å². The fourth-order valence-corrected chi connectivity index (χ4v) is 5.01. The molecule has 1 saturated heterocycles. The maximum Gasteiger partial charge on any atom is 0.329 e. The minimum Gasteiger partial charge on any atom is -0.460 e. The average Bonchev–Trinajstić information content (AvgIpc) is 2.97. The first-order valence-corrected chi connectivity index (χ1v) is 14.9. The summed E-state index contributed by atoms with van der Waals surface area (Å²) in [6, 6.07) is 15.0. The minimum absolute atomic E-state index is 0.0683. The Labute approximate surface area is 244 Å². The molecule has 1 heterocycles. The molecule has 0 saturated carbocycles. The Morgan fingerprint density at radius 1 is 0.854 bits per heavy atom. The van der Waals surface area contributed by atoms with Crippen LogP contribution < -0.4 is 16.0 Å². The summed E-state index contributed by atoms with van der Waals surface area (Å²) in [6.45, 7) is 9.42. The normalized spacial score (nSPS) is 23.9. The van der Waals surface area contributed by atoms with Crippen molar-refractivity contribution in [2.45, 2.75) is 97.4 Å². The molecule has 3 rings (SSSR count). The lowest BCUT2D eigenvalue weighted by Gasteiger charge is -2.29. The Kier molecular flexibility index (Phi) is 11.9. The number of hydrogen-bond acceptors (Lipinski definition) is 5. The van der Waals surface area contributed by atoms with Gasteiger partial charge in [0.05, 0.1) is 6.42 Å². The molecule has 2 aromatic carbocycles. The lowest BCUT2D eigenvalue weighted by Crippen LogP contribution is -2.55. The van der Waals surface area contributed by atoms with Crippen molar-refractivity contribution in [2.24, 2.45) is 11.8 Å². The first-order valence-electron chi connectivity index (χ1n) is 14.9. The van der Waals surface area contributed by atoms with E-state index in [0.29, 0.717) is 6.42 Å². The van der Waals surface area contributed by atoms with Crippen LogP contribution in [0, 0.1) is 11.8 Å². The highest BCUT2D eigenvalue weighted by molar-refractivity contribution is 5.94. The Hall–Kier alpha value is -3.68. The molecule has 222 valence electrons. The van der Waals surface area contributed by atoms with E-state index in [0.717, 1.165) is 36.0 Å². The van der Waals surface area contributed by atoms with Crippen molar-refractivity contribution in [3.63, 3.8) is 0 Å². The molecular weight excluding hydrogens is 518 g/mol. The Balaban J connectivity index is 1.91. The van der Waals surface area contributed by atoms with Gasteiger partial charge in [0, 0.05) is 6.42 Å². The third-order valence-electron chi connectivity index (χ3n) is 7.94. The molecule has 1 aliphatic heterocycles. The number of ether oxygens (including phenoxy) is 1. The molecule has 0 aromatic heterocycles. The van der Waals surface area contributed by atoms with Gasteiger partial charge in [-0.05, 0) is 41.9 Å². The van der Waals surface area contributed by atoms with E-state index in [4.69, 9.17) is 4.74 Å². The number of benzene rings is 2. The summed E-state index contributed by atoms with van der Waals surface area (Å²) in [4.78, 5) is 53.3. The van der Waals surface area contributed by atoms with Crippen molar-refractivity contribution in [3.8, 4) is 11.1 Å². The molecule has 6 atom stereocenters. The summed E-state index contributed by atoms with van der Waals surface area (Å²) in [5, 5.41) is 8.41. The molecule has 0 bridgehead atoms. The SMILES string of the molecule is CCCC[C@H](C)[C@@H]1CC(=O)N[C@@H](Cc2cccc(-c3ccccc3)c2)C(=O)N[C@@H](C)C(=O)NC([C@H](C)CC)C(=O)O1. The summed E-state index contributed by atoms with van der Waals surface area (Å²) in [7, 11) is 0. The summed E-state index contributed by atoms with van der Waals surface area (Å²) >= 11 is 0. The second kappa shape index (κ2) is 15.4. The van der Waals surface area contributed by atoms with Crippen LogP contribution in [0.4, 0.5) is 0 Å². The smallest absolute Gasteiger partial charge is 0.329 e. The van der Waals surface area contributed by atoms with Crippen LogP contribution in [0.5, 0.6) is 0 Å². The van der Waals surface area contributed by atoms with Crippen LogP contribution in [0.25, 0.3) is 11.1 Å². The number of carbonyl (C=O) groups excluding carboxylic acids is 4. The number of amides is 3. The highest BCUT2D eigenvalue weighted by Crippen LogP contribution is 2.23. The molecule has 3 amide bonds. The summed E-state index contributed by atoms with van der Waals surface area (Å²) < 4.78 is 5.94. The predicted molar refractivity (Wildman–Crippen MR) is 160 cm³/mol. The third kappa shape index (κ3) is 9.17. The summed E-state index contributed by atoms with van der Waals surface area (Å²) in [6.07, 6.45) is 2.82. The zero-order valence-electron chi connectivity index (χ0n) is 24.9. The lowest BCUT2D eigenvalue weighted by molar-refractivity contribution is -0.158. The average molecular weight is 564 g/mol. The van der Waals surface area contributed by atoms with Gasteiger partial charge in [0.25, 0.3) is 0 Å². The van der Waals surface area contributed by atoms with Crippen molar-refractivity contribution in [2.75, 3.05) is 0 Å². The number of carbonyl (C=O) groups is 4. The number of unbranched alkanes of at least 4 members (excludes halogenated alkanes) is 1. The highest BCUT2D eigenvalue weighted by Gasteiger charge is 2.35. The zero-order valence-corrected chi connectivity index (χ0v) is 24.9. The van der Waals surface area contributed by atoms with E-state index < -0.39 is 42.0 Å². The zero-order chi connectivity index (χ0) is 29.9. The molecule has 8 nitrogen and oxygen atoms in total. The van der Waals surface area contributed by atoms with Crippen LogP contribution in [0.2, 0.25) is 0 Å². The second-order valence-electron chi connectivity index (χ2n) is 11.3. The van der Waals surface area contributed by atoms with Gasteiger partial charge in [-0.2, -0.15) is 0 Å². The third-order valence-corrected chi connectivity index (χ3v) is 7.94. The first kappa shape index (κ1) is 31.8. The Morgan fingerprint density at radius 2 is 1.56 bits per heavy atom. The van der Waals surface area contributed by atoms with Gasteiger partial charge in [-0.3, -0.25) is 14.4 Å². The van der Waals surface area contributed by atoms with Gasteiger partial charge in [0.2, 0.25) is 17.7 Å². The van der Waals surface area contributed by atoms with E-state index in [1.165, 1.54) is 0 Å². The number of cyclic esters (lactones) is 1. The quantitative estimate of drug-likeness (QED) is 0.387. The molecule has 8 heteroatoms. The fraction of sp³-hybridized carbons (Fsp3) is 0.515. The Bertz CT molecular complexity index is 1180. The van der Waals surface area contributed by atoms with E-state index >= 15 is 0 Å². The van der Waals surface area contributed by atoms with Gasteiger partial charge in [-0.1, -0.05) is 102 Å². The number of hydrogen-bond donors (Lipinski definition) is 3. The number of esters is 1. The van der Waals surface area contributed by atoms with Gasteiger partial charge >= 0.3 is 5.97 Å². The van der Waals surface area contributed by atoms with Gasteiger partial charge in [0.1, 0.15) is 24.2 Å². The largest absolute Gasteiger partial charge is 0.460 e. The maximum atomic E-state index is 13.5. The molecule has 2 aromatic rings. The summed E-state index contributed by atoms with van der Waals surface area (Å²) in [5.41, 5.74) is 2.91. The fourth-order valence-electron chi connectivity index (χ4n) is 5.01. The van der Waals surface area contributed by atoms with E-state index in [9.17, 15) is 19.2 Å². The lowest BCUT2D eigenvalue weighted by atomic mass is 9.94. The van der Waals surface area contributed by atoms with Crippen molar-refractivity contribution in [1.29, 1.82) is 0 Å². The standard InChI is InChI=1S/C33H45N3O5/c1-6-8-13-22(4)28-20-29(37)35-27(19-24-14-12-17-26(18-24)25-15-10-9-11-16-25)32(39)34-23(5)31(38)36-30(21(3)7-2)33(40)41-28/h9-12,14-18,21-23,27-28,30H,6-8,13,19-20H2,1-5H3,(H,34,39)(H,35,37)(H,36,38)/t21-,22+,23+,27+,28+,30?/m1/s1. The molecule has 1 fully saturated rings. The van der Waals surface area contributed by atoms with E-state index in [1.807, 2.05) is 75.4 Å². The molecule has 1 aliphatic rings. The molecular formula is C33H45N3O5. The van der Waals surface area contributed by atoms with E-state index in [2.05, 4.69) is 22.9 Å². The molecule has 0 radical (unpaired) electrons. The summed E-state index contributed by atoms with van der Waals surface area (Å²) in [5.74, 6) is -2.14. The predicted octanol–water partition coefficient (Wildman–Crippen LogP) is 4.56. The Morgan fingerprint density at radius 3 is 2.24 bits per heavy atom. The number of rotatable bonds is 9. The van der Waals surface area contributed by atoms with Crippen molar-refractivity contribution in [1.82, 2.24) is 16.0 Å². The molecule has 0 aliphatic carbocycles. The van der Waals surface area contributed by atoms with Gasteiger partial charge in [-0.15, -0.1) is 0 Å². The molecule has 3 N–H and O–H groups in total. The van der Waals surface area contributed by atoms with E-state index in [-0.39, 0.29) is 30.6 Å². The first-order chi connectivity index (χ1) is 19.6.